The zero-order valence-electron chi connectivity index (χ0n) is 11.6. The van der Waals surface area contributed by atoms with Crippen LogP contribution in [0.4, 0.5) is 10.6 Å². The predicted molar refractivity (Wildman–Crippen MR) is 71.7 cm³/mol. The standard InChI is InChI=1S/C12H18N4O4/c1-12(2,5-4-10(17)18)16-11(19)15-8-6-9(20-3)14-7-13-8/h6-7H,4-5H2,1-3H3,(H,17,18)(H2,13,14,15,16,19). The Labute approximate surface area is 116 Å². The number of carboxylic acids is 1. The number of amides is 2. The first-order chi connectivity index (χ1) is 9.32. The molecule has 3 N–H and O–H groups in total. The summed E-state index contributed by atoms with van der Waals surface area (Å²) in [6, 6.07) is 1.00. The van der Waals surface area contributed by atoms with E-state index in [1.54, 1.807) is 13.8 Å². The molecule has 0 saturated carbocycles. The van der Waals surface area contributed by atoms with Gasteiger partial charge in [-0.1, -0.05) is 0 Å². The van der Waals surface area contributed by atoms with E-state index in [0.29, 0.717) is 18.1 Å². The summed E-state index contributed by atoms with van der Waals surface area (Å²) >= 11 is 0. The van der Waals surface area contributed by atoms with Crippen LogP contribution < -0.4 is 15.4 Å². The molecule has 0 spiro atoms. The lowest BCUT2D eigenvalue weighted by Gasteiger charge is -2.25. The van der Waals surface area contributed by atoms with Gasteiger partial charge in [0.25, 0.3) is 0 Å². The van der Waals surface area contributed by atoms with Gasteiger partial charge in [-0.05, 0) is 20.3 Å². The van der Waals surface area contributed by atoms with Gasteiger partial charge >= 0.3 is 12.0 Å². The summed E-state index contributed by atoms with van der Waals surface area (Å²) in [5, 5.41) is 13.9. The molecule has 0 aromatic carbocycles. The number of anilines is 1. The average Bonchev–Trinajstić information content (AvgIpc) is 2.36. The molecule has 8 nitrogen and oxygen atoms in total. The van der Waals surface area contributed by atoms with Gasteiger partial charge in [-0.15, -0.1) is 0 Å². The molecule has 2 amide bonds. The largest absolute Gasteiger partial charge is 0.481 e. The molecule has 0 aliphatic rings. The van der Waals surface area contributed by atoms with Gasteiger partial charge in [-0.25, -0.2) is 14.8 Å². The van der Waals surface area contributed by atoms with Gasteiger partial charge in [0, 0.05) is 18.0 Å². The molecule has 0 bridgehead atoms. The third-order valence-corrected chi connectivity index (χ3v) is 2.51. The lowest BCUT2D eigenvalue weighted by molar-refractivity contribution is -0.137. The Morgan fingerprint density at radius 3 is 2.70 bits per heavy atom. The maximum absolute atomic E-state index is 11.8. The Balaban J connectivity index is 2.55. The quantitative estimate of drug-likeness (QED) is 0.723. The number of rotatable bonds is 6. The number of ether oxygens (including phenoxy) is 1. The van der Waals surface area contributed by atoms with Gasteiger partial charge in [0.15, 0.2) is 0 Å². The SMILES string of the molecule is COc1cc(NC(=O)NC(C)(C)CCC(=O)O)ncn1. The number of aliphatic carboxylic acids is 1. The van der Waals surface area contributed by atoms with E-state index in [1.165, 1.54) is 19.5 Å². The molecule has 1 rings (SSSR count). The number of carbonyl (C=O) groups excluding carboxylic acids is 1. The van der Waals surface area contributed by atoms with E-state index in [1.807, 2.05) is 0 Å². The minimum Gasteiger partial charge on any atom is -0.481 e. The lowest BCUT2D eigenvalue weighted by atomic mass is 9.99. The molecule has 110 valence electrons. The van der Waals surface area contributed by atoms with Gasteiger partial charge in [-0.2, -0.15) is 0 Å². The number of nitrogens with one attached hydrogen (secondary N) is 2. The highest BCUT2D eigenvalue weighted by Crippen LogP contribution is 2.13. The van der Waals surface area contributed by atoms with Crippen molar-refractivity contribution in [2.24, 2.45) is 0 Å². The summed E-state index contributed by atoms with van der Waals surface area (Å²) in [4.78, 5) is 30.0. The van der Waals surface area contributed by atoms with E-state index in [4.69, 9.17) is 9.84 Å². The number of hydrogen-bond acceptors (Lipinski definition) is 5. The summed E-state index contributed by atoms with van der Waals surface area (Å²) < 4.78 is 4.91. The Kier molecular flexibility index (Phi) is 5.24. The number of carbonyl (C=O) groups is 2. The van der Waals surface area contributed by atoms with Gasteiger partial charge in [0.2, 0.25) is 5.88 Å². The summed E-state index contributed by atoms with van der Waals surface area (Å²) in [6.45, 7) is 3.49. The Hall–Kier alpha value is -2.38. The van der Waals surface area contributed by atoms with Crippen molar-refractivity contribution >= 4 is 17.8 Å². The van der Waals surface area contributed by atoms with E-state index in [2.05, 4.69) is 20.6 Å². The van der Waals surface area contributed by atoms with Crippen LogP contribution in [-0.2, 0) is 4.79 Å². The fraction of sp³-hybridized carbons (Fsp3) is 0.500. The van der Waals surface area contributed by atoms with Crippen molar-refractivity contribution in [2.75, 3.05) is 12.4 Å². The molecule has 0 radical (unpaired) electrons. The third-order valence-electron chi connectivity index (χ3n) is 2.51. The second kappa shape index (κ2) is 6.69. The van der Waals surface area contributed by atoms with Crippen LogP contribution in [0.5, 0.6) is 5.88 Å². The van der Waals surface area contributed by atoms with Gasteiger partial charge < -0.3 is 15.2 Å². The molecule has 1 heterocycles. The second-order valence-corrected chi connectivity index (χ2v) is 4.80. The van der Waals surface area contributed by atoms with Crippen LogP contribution in [0.1, 0.15) is 26.7 Å². The van der Waals surface area contributed by atoms with Crippen molar-refractivity contribution in [3.63, 3.8) is 0 Å². The molecular formula is C12H18N4O4. The first-order valence-corrected chi connectivity index (χ1v) is 5.99. The molecule has 0 aliphatic carbocycles. The maximum atomic E-state index is 11.8. The molecular weight excluding hydrogens is 264 g/mol. The lowest BCUT2D eigenvalue weighted by Crippen LogP contribution is -2.45. The molecule has 0 atom stereocenters. The van der Waals surface area contributed by atoms with Gasteiger partial charge in [0.05, 0.1) is 7.11 Å². The van der Waals surface area contributed by atoms with E-state index in [-0.39, 0.29) is 6.42 Å². The second-order valence-electron chi connectivity index (χ2n) is 4.80. The predicted octanol–water partition coefficient (Wildman–Crippen LogP) is 1.25. The highest BCUT2D eigenvalue weighted by atomic mass is 16.5. The molecule has 0 unspecified atom stereocenters. The summed E-state index contributed by atoms with van der Waals surface area (Å²) in [5.74, 6) is -0.273. The van der Waals surface area contributed by atoms with Crippen LogP contribution in [-0.4, -0.2) is 39.7 Å². The fourth-order valence-corrected chi connectivity index (χ4v) is 1.46. The molecule has 20 heavy (non-hydrogen) atoms. The monoisotopic (exact) mass is 282 g/mol. The van der Waals surface area contributed by atoms with Crippen LogP contribution in [0.25, 0.3) is 0 Å². The number of hydrogen-bond donors (Lipinski definition) is 3. The first-order valence-electron chi connectivity index (χ1n) is 5.99. The van der Waals surface area contributed by atoms with Gasteiger partial charge in [-0.3, -0.25) is 10.1 Å². The Bertz CT molecular complexity index is 490. The number of carboxylic acid groups (broad SMARTS) is 1. The van der Waals surface area contributed by atoms with E-state index in [0.717, 1.165) is 0 Å². The van der Waals surface area contributed by atoms with Gasteiger partial charge in [0.1, 0.15) is 12.1 Å². The molecule has 8 heteroatoms. The molecule has 0 saturated heterocycles. The van der Waals surface area contributed by atoms with E-state index >= 15 is 0 Å². The number of aromatic nitrogens is 2. The van der Waals surface area contributed by atoms with Crippen molar-refractivity contribution in [1.82, 2.24) is 15.3 Å². The van der Waals surface area contributed by atoms with E-state index in [9.17, 15) is 9.59 Å². The highest BCUT2D eigenvalue weighted by Gasteiger charge is 2.21. The fourth-order valence-electron chi connectivity index (χ4n) is 1.46. The normalized spacial score (nSPS) is 10.8. The number of nitrogens with zero attached hydrogens (tertiary/aromatic N) is 2. The van der Waals surface area contributed by atoms with Crippen molar-refractivity contribution in [2.45, 2.75) is 32.2 Å². The van der Waals surface area contributed by atoms with E-state index < -0.39 is 17.5 Å². The summed E-state index contributed by atoms with van der Waals surface area (Å²) in [6.07, 6.45) is 1.57. The van der Waals surface area contributed by atoms with Crippen LogP contribution >= 0.6 is 0 Å². The van der Waals surface area contributed by atoms with Crippen molar-refractivity contribution in [3.05, 3.63) is 12.4 Å². The number of methoxy groups -OCH3 is 1. The number of urea groups is 1. The minimum atomic E-state index is -0.902. The molecule has 0 aliphatic heterocycles. The topological polar surface area (TPSA) is 113 Å². The van der Waals surface area contributed by atoms with Crippen LogP contribution in [0.2, 0.25) is 0 Å². The smallest absolute Gasteiger partial charge is 0.320 e. The van der Waals surface area contributed by atoms with Crippen molar-refractivity contribution in [3.8, 4) is 5.88 Å². The van der Waals surface area contributed by atoms with Crippen LogP contribution in [0.15, 0.2) is 12.4 Å². The van der Waals surface area contributed by atoms with Crippen molar-refractivity contribution in [1.29, 1.82) is 0 Å². The van der Waals surface area contributed by atoms with Crippen LogP contribution in [0, 0.1) is 0 Å². The first kappa shape index (κ1) is 15.7. The van der Waals surface area contributed by atoms with Crippen molar-refractivity contribution < 1.29 is 19.4 Å². The Morgan fingerprint density at radius 1 is 1.40 bits per heavy atom. The summed E-state index contributed by atoms with van der Waals surface area (Å²) in [7, 11) is 1.46. The molecule has 1 aromatic heterocycles. The molecule has 0 fully saturated rings. The van der Waals surface area contributed by atoms with Crippen LogP contribution in [0.3, 0.4) is 0 Å². The summed E-state index contributed by atoms with van der Waals surface area (Å²) in [5.41, 5.74) is -0.639. The zero-order chi connectivity index (χ0) is 15.2. The highest BCUT2D eigenvalue weighted by molar-refractivity contribution is 5.88. The zero-order valence-corrected chi connectivity index (χ0v) is 11.6. The molecule has 1 aromatic rings. The minimum absolute atomic E-state index is 0.0192. The average molecular weight is 282 g/mol. The Morgan fingerprint density at radius 2 is 2.10 bits per heavy atom. The third kappa shape index (κ3) is 5.51. The maximum Gasteiger partial charge on any atom is 0.320 e.